The molecule has 4 aromatic rings. The average Bonchev–Trinajstić information content (AvgIpc) is 3.39. The summed E-state index contributed by atoms with van der Waals surface area (Å²) in [6, 6.07) is 21.5. The van der Waals surface area contributed by atoms with Gasteiger partial charge in [-0.3, -0.25) is 0 Å². The Morgan fingerprint density at radius 3 is 2.34 bits per heavy atom. The molecule has 4 atom stereocenters. The molecule has 0 saturated carbocycles. The van der Waals surface area contributed by atoms with Crippen molar-refractivity contribution in [2.75, 3.05) is 12.3 Å². The molecular formula is C25H24F2N4O4. The number of aliphatic hydroxyl groups is 1. The van der Waals surface area contributed by atoms with Crippen LogP contribution in [0.3, 0.4) is 0 Å². The van der Waals surface area contributed by atoms with Crippen LogP contribution in [0.2, 0.25) is 0 Å². The number of benzene rings is 2. The number of rotatable bonds is 8. The Kier molecular flexibility index (Phi) is 6.44. The van der Waals surface area contributed by atoms with Gasteiger partial charge in [-0.2, -0.15) is 9.37 Å². The Balaban J connectivity index is 1.41. The third kappa shape index (κ3) is 4.61. The van der Waals surface area contributed by atoms with Gasteiger partial charge in [0.05, 0.1) is 19.8 Å². The minimum Gasteiger partial charge on any atom is -0.382 e. The molecule has 35 heavy (non-hydrogen) atoms. The van der Waals surface area contributed by atoms with Crippen molar-refractivity contribution >= 4 is 11.3 Å². The van der Waals surface area contributed by atoms with Crippen molar-refractivity contribution in [1.29, 1.82) is 0 Å². The Bertz CT molecular complexity index is 1290. The van der Waals surface area contributed by atoms with Crippen LogP contribution in [0.4, 0.5) is 14.6 Å². The van der Waals surface area contributed by atoms with Crippen LogP contribution >= 0.6 is 0 Å². The standard InChI is InChI=1S/C25H24F2N4O4/c26-22-21(34-14-17-9-5-2-6-10-17)19(15-33-13-16-7-3-1-4-8-16)35-25(22,32)20-12-11-18-23(28)29-24(27)30-31(18)20/h1-12,19,21-22,32H,13-15H2,(H2,28,29,30)/t19-,21-,22-,25-/m1/s1. The van der Waals surface area contributed by atoms with Crippen molar-refractivity contribution < 1.29 is 28.1 Å². The van der Waals surface area contributed by atoms with E-state index in [1.807, 2.05) is 60.7 Å². The molecule has 1 fully saturated rings. The van der Waals surface area contributed by atoms with E-state index in [9.17, 15) is 9.50 Å². The summed E-state index contributed by atoms with van der Waals surface area (Å²) < 4.78 is 48.2. The number of hydrogen-bond acceptors (Lipinski definition) is 7. The summed E-state index contributed by atoms with van der Waals surface area (Å²) in [6.07, 6.45) is -5.29. The van der Waals surface area contributed by atoms with E-state index < -0.39 is 30.2 Å². The minimum absolute atomic E-state index is 0.0497. The molecule has 0 spiro atoms. The van der Waals surface area contributed by atoms with E-state index >= 15 is 4.39 Å². The van der Waals surface area contributed by atoms with E-state index in [1.165, 1.54) is 12.1 Å². The number of anilines is 1. The molecule has 2 aromatic heterocycles. The van der Waals surface area contributed by atoms with Crippen molar-refractivity contribution in [3.05, 3.63) is 95.7 Å². The number of nitrogens with zero attached hydrogens (tertiary/aromatic N) is 3. The van der Waals surface area contributed by atoms with E-state index in [1.54, 1.807) is 0 Å². The zero-order valence-electron chi connectivity index (χ0n) is 18.6. The molecule has 0 bridgehead atoms. The second-order valence-electron chi connectivity index (χ2n) is 8.30. The number of nitrogens with two attached hydrogens (primary N) is 1. The number of halogens is 2. The number of aromatic nitrogens is 3. The molecule has 0 radical (unpaired) electrons. The van der Waals surface area contributed by atoms with Gasteiger partial charge in [0.25, 0.3) is 0 Å². The van der Waals surface area contributed by atoms with Gasteiger partial charge in [-0.1, -0.05) is 60.7 Å². The third-order valence-electron chi connectivity index (χ3n) is 5.92. The molecule has 1 saturated heterocycles. The lowest BCUT2D eigenvalue weighted by atomic mass is 10.0. The topological polar surface area (TPSA) is 104 Å². The molecule has 0 unspecified atom stereocenters. The van der Waals surface area contributed by atoms with Gasteiger partial charge in [-0.15, -0.1) is 5.10 Å². The van der Waals surface area contributed by atoms with Gasteiger partial charge >= 0.3 is 6.08 Å². The molecule has 3 heterocycles. The molecule has 5 rings (SSSR count). The Hall–Kier alpha value is -3.44. The van der Waals surface area contributed by atoms with Crippen LogP contribution in [0.15, 0.2) is 72.8 Å². The molecule has 8 nitrogen and oxygen atoms in total. The molecule has 10 heteroatoms. The fraction of sp³-hybridized carbons (Fsp3) is 0.280. The molecule has 1 aliphatic rings. The highest BCUT2D eigenvalue weighted by atomic mass is 19.1. The van der Waals surface area contributed by atoms with Crippen molar-refractivity contribution in [2.24, 2.45) is 0 Å². The van der Waals surface area contributed by atoms with E-state index in [0.29, 0.717) is 0 Å². The summed E-state index contributed by atoms with van der Waals surface area (Å²) in [5.74, 6) is -2.64. The van der Waals surface area contributed by atoms with Crippen LogP contribution in [0, 0.1) is 6.08 Å². The Morgan fingerprint density at radius 2 is 1.66 bits per heavy atom. The first-order valence-corrected chi connectivity index (χ1v) is 11.1. The first-order chi connectivity index (χ1) is 17.0. The van der Waals surface area contributed by atoms with Gasteiger partial charge in [0, 0.05) is 0 Å². The Morgan fingerprint density at radius 1 is 1.00 bits per heavy atom. The first kappa shape index (κ1) is 23.3. The van der Waals surface area contributed by atoms with Crippen molar-refractivity contribution in [3.63, 3.8) is 0 Å². The second kappa shape index (κ2) is 9.67. The van der Waals surface area contributed by atoms with Crippen LogP contribution in [0.5, 0.6) is 0 Å². The number of alkyl halides is 1. The highest BCUT2D eigenvalue weighted by Crippen LogP contribution is 2.42. The lowest BCUT2D eigenvalue weighted by Gasteiger charge is -2.24. The van der Waals surface area contributed by atoms with Gasteiger partial charge in [0.2, 0.25) is 5.79 Å². The molecule has 1 aliphatic heterocycles. The number of nitrogen functional groups attached to an aromatic ring is 1. The predicted octanol–water partition coefficient (Wildman–Crippen LogP) is 3.13. The van der Waals surface area contributed by atoms with Gasteiger partial charge in [0.15, 0.2) is 12.0 Å². The van der Waals surface area contributed by atoms with Crippen LogP contribution in [0.25, 0.3) is 5.52 Å². The largest absolute Gasteiger partial charge is 0.382 e. The molecular weight excluding hydrogens is 458 g/mol. The monoisotopic (exact) mass is 482 g/mol. The van der Waals surface area contributed by atoms with E-state index in [0.717, 1.165) is 15.6 Å². The Labute approximate surface area is 199 Å². The molecule has 2 aromatic carbocycles. The summed E-state index contributed by atoms with van der Waals surface area (Å²) in [6.45, 7) is 0.315. The fourth-order valence-corrected chi connectivity index (χ4v) is 4.19. The summed E-state index contributed by atoms with van der Waals surface area (Å²) in [4.78, 5) is 3.46. The van der Waals surface area contributed by atoms with Gasteiger partial charge < -0.3 is 25.1 Å². The number of fused-ring (bicyclic) bond motifs is 1. The fourth-order valence-electron chi connectivity index (χ4n) is 4.19. The molecule has 0 amide bonds. The lowest BCUT2D eigenvalue weighted by molar-refractivity contribution is -0.232. The SMILES string of the molecule is Nc1nc(F)nn2c([C@@]3(O)O[C@H](COCc4ccccc4)[C@@H](OCc4ccccc4)[C@H]3F)ccc12. The normalized spacial score (nSPS) is 24.3. The highest BCUT2D eigenvalue weighted by Gasteiger charge is 2.58. The third-order valence-corrected chi connectivity index (χ3v) is 5.92. The number of hydrogen-bond donors (Lipinski definition) is 2. The first-order valence-electron chi connectivity index (χ1n) is 11.1. The smallest absolute Gasteiger partial charge is 0.327 e. The zero-order valence-corrected chi connectivity index (χ0v) is 18.6. The van der Waals surface area contributed by atoms with Gasteiger partial charge in [-0.25, -0.2) is 8.91 Å². The van der Waals surface area contributed by atoms with E-state index in [-0.39, 0.29) is 36.8 Å². The molecule has 3 N–H and O–H groups in total. The van der Waals surface area contributed by atoms with Crippen LogP contribution in [-0.4, -0.2) is 44.7 Å². The van der Waals surface area contributed by atoms with Crippen molar-refractivity contribution in [1.82, 2.24) is 14.6 Å². The quantitative estimate of drug-likeness (QED) is 0.398. The summed E-state index contributed by atoms with van der Waals surface area (Å²) >= 11 is 0. The van der Waals surface area contributed by atoms with Gasteiger partial charge in [0.1, 0.15) is 23.4 Å². The maximum absolute atomic E-state index is 15.9. The van der Waals surface area contributed by atoms with Crippen LogP contribution < -0.4 is 5.73 Å². The second-order valence-corrected chi connectivity index (χ2v) is 8.30. The lowest BCUT2D eigenvalue weighted by Crippen LogP contribution is -2.40. The maximum Gasteiger partial charge on any atom is 0.327 e. The van der Waals surface area contributed by atoms with E-state index in [2.05, 4.69) is 10.1 Å². The van der Waals surface area contributed by atoms with Crippen LogP contribution in [0.1, 0.15) is 16.8 Å². The summed E-state index contributed by atoms with van der Waals surface area (Å²) in [7, 11) is 0. The highest BCUT2D eigenvalue weighted by molar-refractivity contribution is 5.65. The summed E-state index contributed by atoms with van der Waals surface area (Å²) in [5, 5.41) is 15.0. The van der Waals surface area contributed by atoms with Crippen molar-refractivity contribution in [3.8, 4) is 0 Å². The van der Waals surface area contributed by atoms with Crippen molar-refractivity contribution in [2.45, 2.75) is 37.4 Å². The molecule has 0 aliphatic carbocycles. The maximum atomic E-state index is 15.9. The van der Waals surface area contributed by atoms with Crippen LogP contribution in [-0.2, 0) is 33.2 Å². The zero-order chi connectivity index (χ0) is 24.4. The van der Waals surface area contributed by atoms with Gasteiger partial charge in [-0.05, 0) is 23.3 Å². The van der Waals surface area contributed by atoms with E-state index in [4.69, 9.17) is 19.9 Å². The number of ether oxygens (including phenoxy) is 3. The average molecular weight is 482 g/mol. The molecule has 182 valence electrons. The summed E-state index contributed by atoms with van der Waals surface area (Å²) in [5.41, 5.74) is 7.59. The predicted molar refractivity (Wildman–Crippen MR) is 122 cm³/mol. The minimum atomic E-state index is -2.48.